The predicted octanol–water partition coefficient (Wildman–Crippen LogP) is 4.96. The highest BCUT2D eigenvalue weighted by molar-refractivity contribution is 6.30. The number of benzene rings is 3. The maximum Gasteiger partial charge on any atom is 0.227 e. The average molecular weight is 476 g/mol. The van der Waals surface area contributed by atoms with Crippen molar-refractivity contribution in [1.29, 1.82) is 0 Å². The molecule has 2 atom stereocenters. The Labute approximate surface area is 203 Å². The number of anilines is 1. The minimum absolute atomic E-state index is 0.0502. The SMILES string of the molecule is Cc1cccc(OC[C@H](O)Cn2c([C@H]3CC(=O)N(c4ccc(Cl)cc4)C3)nc3ccccc32)c1. The van der Waals surface area contributed by atoms with Gasteiger partial charge in [-0.3, -0.25) is 4.79 Å². The molecule has 2 heterocycles. The second kappa shape index (κ2) is 9.49. The summed E-state index contributed by atoms with van der Waals surface area (Å²) < 4.78 is 7.85. The van der Waals surface area contributed by atoms with Gasteiger partial charge in [-0.05, 0) is 61.0 Å². The Bertz CT molecular complexity index is 1320. The Morgan fingerprint density at radius 2 is 1.91 bits per heavy atom. The van der Waals surface area contributed by atoms with Crippen molar-refractivity contribution in [3.8, 4) is 5.75 Å². The van der Waals surface area contributed by atoms with Crippen LogP contribution in [0.15, 0.2) is 72.8 Å². The Morgan fingerprint density at radius 1 is 1.12 bits per heavy atom. The highest BCUT2D eigenvalue weighted by Crippen LogP contribution is 2.33. The van der Waals surface area contributed by atoms with Gasteiger partial charge >= 0.3 is 0 Å². The Morgan fingerprint density at radius 3 is 2.71 bits per heavy atom. The van der Waals surface area contributed by atoms with Crippen LogP contribution in [0.25, 0.3) is 11.0 Å². The molecule has 0 spiro atoms. The van der Waals surface area contributed by atoms with Gasteiger partial charge in [-0.2, -0.15) is 0 Å². The van der Waals surface area contributed by atoms with E-state index in [1.807, 2.05) is 72.2 Å². The largest absolute Gasteiger partial charge is 0.491 e. The predicted molar refractivity (Wildman–Crippen MR) is 134 cm³/mol. The van der Waals surface area contributed by atoms with Crippen molar-refractivity contribution in [3.05, 3.63) is 89.2 Å². The number of rotatable bonds is 7. The van der Waals surface area contributed by atoms with Crippen LogP contribution < -0.4 is 9.64 Å². The molecule has 0 aliphatic carbocycles. The van der Waals surface area contributed by atoms with Crippen molar-refractivity contribution in [1.82, 2.24) is 9.55 Å². The third-order valence-electron chi connectivity index (χ3n) is 6.14. The number of imidazole rings is 1. The number of para-hydroxylation sites is 2. The van der Waals surface area contributed by atoms with Gasteiger partial charge in [0, 0.05) is 29.6 Å². The van der Waals surface area contributed by atoms with E-state index in [1.165, 1.54) is 0 Å². The van der Waals surface area contributed by atoms with Crippen molar-refractivity contribution in [3.63, 3.8) is 0 Å². The molecule has 1 amide bonds. The van der Waals surface area contributed by atoms with Gasteiger partial charge in [-0.1, -0.05) is 35.9 Å². The molecule has 1 aromatic heterocycles. The fraction of sp³-hybridized carbons (Fsp3) is 0.259. The highest BCUT2D eigenvalue weighted by Gasteiger charge is 2.35. The van der Waals surface area contributed by atoms with E-state index >= 15 is 0 Å². The lowest BCUT2D eigenvalue weighted by molar-refractivity contribution is -0.117. The normalized spacial score (nSPS) is 16.9. The summed E-state index contributed by atoms with van der Waals surface area (Å²) in [6.07, 6.45) is -0.372. The Hall–Kier alpha value is -3.35. The average Bonchev–Trinajstić information content (AvgIpc) is 3.39. The van der Waals surface area contributed by atoms with Crippen LogP contribution in [-0.4, -0.2) is 39.8 Å². The number of aliphatic hydroxyl groups excluding tert-OH is 1. The summed E-state index contributed by atoms with van der Waals surface area (Å²) in [6, 6.07) is 22.9. The molecule has 7 heteroatoms. The van der Waals surface area contributed by atoms with Crippen molar-refractivity contribution in [2.24, 2.45) is 0 Å². The minimum atomic E-state index is -0.735. The molecule has 174 valence electrons. The molecule has 0 unspecified atom stereocenters. The van der Waals surface area contributed by atoms with Crippen LogP contribution >= 0.6 is 11.6 Å². The molecule has 1 aliphatic rings. The summed E-state index contributed by atoms with van der Waals surface area (Å²) in [7, 11) is 0. The van der Waals surface area contributed by atoms with E-state index in [0.717, 1.165) is 33.9 Å². The molecule has 4 aromatic rings. The van der Waals surface area contributed by atoms with Crippen LogP contribution in [0.1, 0.15) is 23.7 Å². The van der Waals surface area contributed by atoms with E-state index < -0.39 is 6.10 Å². The zero-order valence-electron chi connectivity index (χ0n) is 18.9. The van der Waals surface area contributed by atoms with Crippen LogP contribution in [0.3, 0.4) is 0 Å². The van der Waals surface area contributed by atoms with Crippen molar-refractivity contribution < 1.29 is 14.6 Å². The molecule has 1 aliphatic heterocycles. The number of hydrogen-bond acceptors (Lipinski definition) is 4. The number of aromatic nitrogens is 2. The summed E-state index contributed by atoms with van der Waals surface area (Å²) in [4.78, 5) is 19.5. The first-order chi connectivity index (χ1) is 16.5. The lowest BCUT2D eigenvalue weighted by Crippen LogP contribution is -2.26. The standard InChI is InChI=1S/C27H26ClN3O3/c1-18-5-4-6-23(13-18)34-17-22(32)16-31-25-8-3-2-7-24(25)29-27(31)19-14-26(33)30(15-19)21-11-9-20(28)10-12-21/h2-13,19,22,32H,14-17H2,1H3/t19-,22+/m0/s1. The lowest BCUT2D eigenvalue weighted by Gasteiger charge is -2.19. The number of hydrogen-bond donors (Lipinski definition) is 1. The van der Waals surface area contributed by atoms with Gasteiger partial charge in [-0.25, -0.2) is 4.98 Å². The molecule has 0 saturated carbocycles. The number of carbonyl (C=O) groups excluding carboxylic acids is 1. The van der Waals surface area contributed by atoms with Gasteiger partial charge in [0.05, 0.1) is 17.6 Å². The third kappa shape index (κ3) is 4.65. The van der Waals surface area contributed by atoms with Gasteiger partial charge in [-0.15, -0.1) is 0 Å². The first kappa shape index (κ1) is 22.4. The smallest absolute Gasteiger partial charge is 0.227 e. The Kier molecular flexibility index (Phi) is 6.26. The molecule has 6 nitrogen and oxygen atoms in total. The molecular weight excluding hydrogens is 450 g/mol. The summed E-state index contributed by atoms with van der Waals surface area (Å²) in [5.74, 6) is 1.50. The number of nitrogens with zero attached hydrogens (tertiary/aromatic N) is 3. The first-order valence-electron chi connectivity index (χ1n) is 11.4. The minimum Gasteiger partial charge on any atom is -0.491 e. The summed E-state index contributed by atoms with van der Waals surface area (Å²) in [5, 5.41) is 11.5. The Balaban J connectivity index is 1.38. The molecule has 0 bridgehead atoms. The van der Waals surface area contributed by atoms with Crippen LogP contribution in [0.4, 0.5) is 5.69 Å². The van der Waals surface area contributed by atoms with E-state index in [2.05, 4.69) is 0 Å². The second-order valence-corrected chi connectivity index (χ2v) is 9.17. The fourth-order valence-electron chi connectivity index (χ4n) is 4.51. The number of aryl methyl sites for hydroxylation is 1. The van der Waals surface area contributed by atoms with Crippen LogP contribution in [0.2, 0.25) is 5.02 Å². The number of amides is 1. The van der Waals surface area contributed by atoms with Crippen molar-refractivity contribution >= 4 is 34.2 Å². The van der Waals surface area contributed by atoms with Crippen molar-refractivity contribution in [2.75, 3.05) is 18.1 Å². The van der Waals surface area contributed by atoms with Crippen LogP contribution in [0.5, 0.6) is 5.75 Å². The van der Waals surface area contributed by atoms with Gasteiger partial charge in [0.1, 0.15) is 24.3 Å². The van der Waals surface area contributed by atoms with E-state index in [1.54, 1.807) is 17.0 Å². The summed E-state index contributed by atoms with van der Waals surface area (Å²) in [6.45, 7) is 3.02. The van der Waals surface area contributed by atoms with E-state index in [4.69, 9.17) is 21.3 Å². The maximum absolute atomic E-state index is 12.9. The van der Waals surface area contributed by atoms with Crippen LogP contribution in [-0.2, 0) is 11.3 Å². The molecule has 5 rings (SSSR count). The topological polar surface area (TPSA) is 67.6 Å². The van der Waals surface area contributed by atoms with Crippen molar-refractivity contribution in [2.45, 2.75) is 31.9 Å². The molecular formula is C27H26ClN3O3. The molecule has 3 aromatic carbocycles. The van der Waals surface area contributed by atoms with Crippen LogP contribution in [0, 0.1) is 6.92 Å². The number of ether oxygens (including phenoxy) is 1. The van der Waals surface area contributed by atoms with Gasteiger partial charge in [0.2, 0.25) is 5.91 Å². The lowest BCUT2D eigenvalue weighted by atomic mass is 10.1. The number of fused-ring (bicyclic) bond motifs is 1. The van der Waals surface area contributed by atoms with Gasteiger partial charge in [0.25, 0.3) is 0 Å². The quantitative estimate of drug-likeness (QED) is 0.410. The van der Waals surface area contributed by atoms with E-state index in [9.17, 15) is 9.90 Å². The monoisotopic (exact) mass is 475 g/mol. The summed E-state index contributed by atoms with van der Waals surface area (Å²) in [5.41, 5.74) is 3.71. The fourth-order valence-corrected chi connectivity index (χ4v) is 4.64. The number of aliphatic hydroxyl groups is 1. The second-order valence-electron chi connectivity index (χ2n) is 8.73. The summed E-state index contributed by atoms with van der Waals surface area (Å²) >= 11 is 6.02. The molecule has 0 radical (unpaired) electrons. The number of carbonyl (C=O) groups is 1. The van der Waals surface area contributed by atoms with E-state index in [-0.39, 0.29) is 18.4 Å². The number of halogens is 1. The zero-order chi connectivity index (χ0) is 23.7. The van der Waals surface area contributed by atoms with Gasteiger partial charge < -0.3 is 19.3 Å². The highest BCUT2D eigenvalue weighted by atomic mass is 35.5. The maximum atomic E-state index is 12.9. The molecule has 34 heavy (non-hydrogen) atoms. The first-order valence-corrected chi connectivity index (χ1v) is 11.7. The molecule has 1 saturated heterocycles. The van der Waals surface area contributed by atoms with E-state index in [0.29, 0.717) is 24.5 Å². The van der Waals surface area contributed by atoms with Gasteiger partial charge in [0.15, 0.2) is 0 Å². The molecule has 1 fully saturated rings. The third-order valence-corrected chi connectivity index (χ3v) is 6.39. The molecule has 1 N–H and O–H groups in total. The zero-order valence-corrected chi connectivity index (χ0v) is 19.7.